The van der Waals surface area contributed by atoms with Crippen LogP contribution in [0.25, 0.3) is 0 Å². The number of halogens is 1. The minimum absolute atomic E-state index is 0.135. The number of carboxylic acids is 1. The second kappa shape index (κ2) is 4.79. The van der Waals surface area contributed by atoms with E-state index in [-0.39, 0.29) is 6.42 Å². The monoisotopic (exact) mass is 274 g/mol. The highest BCUT2D eigenvalue weighted by Crippen LogP contribution is 2.27. The quantitative estimate of drug-likeness (QED) is 0.917. The first-order valence-electron chi connectivity index (χ1n) is 4.86. The standard InChI is InChI=1S/C10H15BrN2O2/c1-6(2)10-9(11)7(13(3)12-10)4-5-8(14)15/h6H,4-5H2,1-3H3,(H,14,15). The predicted octanol–water partition coefficient (Wildman–Crippen LogP) is 2.32. The van der Waals surface area contributed by atoms with Gasteiger partial charge in [-0.05, 0) is 21.8 Å². The van der Waals surface area contributed by atoms with Gasteiger partial charge in [0.05, 0.1) is 22.3 Å². The molecule has 0 spiro atoms. The maximum Gasteiger partial charge on any atom is 0.303 e. The van der Waals surface area contributed by atoms with E-state index in [2.05, 4.69) is 34.9 Å². The Balaban J connectivity index is 2.92. The Kier molecular flexibility index (Phi) is 3.90. The maximum atomic E-state index is 10.5. The first-order chi connectivity index (χ1) is 6.93. The van der Waals surface area contributed by atoms with Crippen molar-refractivity contribution in [2.24, 2.45) is 7.05 Å². The van der Waals surface area contributed by atoms with E-state index >= 15 is 0 Å². The van der Waals surface area contributed by atoms with E-state index in [0.717, 1.165) is 15.9 Å². The molecule has 1 aromatic rings. The third-order valence-corrected chi connectivity index (χ3v) is 3.11. The maximum absolute atomic E-state index is 10.5. The fourth-order valence-corrected chi connectivity index (χ4v) is 2.41. The molecule has 1 N–H and O–H groups in total. The number of aryl methyl sites for hydroxylation is 1. The van der Waals surface area contributed by atoms with Crippen molar-refractivity contribution in [2.45, 2.75) is 32.6 Å². The molecule has 1 rings (SSSR count). The molecule has 4 nitrogen and oxygen atoms in total. The summed E-state index contributed by atoms with van der Waals surface area (Å²) in [6, 6.07) is 0. The number of carbonyl (C=O) groups is 1. The number of nitrogens with zero attached hydrogens (tertiary/aromatic N) is 2. The van der Waals surface area contributed by atoms with E-state index in [1.165, 1.54) is 0 Å². The average Bonchev–Trinajstić information content (AvgIpc) is 2.39. The molecule has 84 valence electrons. The van der Waals surface area contributed by atoms with Gasteiger partial charge in [-0.3, -0.25) is 9.48 Å². The summed E-state index contributed by atoms with van der Waals surface area (Å²) in [5.74, 6) is -0.446. The van der Waals surface area contributed by atoms with Gasteiger partial charge in [-0.1, -0.05) is 13.8 Å². The average molecular weight is 275 g/mol. The van der Waals surface area contributed by atoms with Gasteiger partial charge in [0.15, 0.2) is 0 Å². The Labute approximate surface area is 97.4 Å². The van der Waals surface area contributed by atoms with Crippen molar-refractivity contribution in [1.29, 1.82) is 0 Å². The molecule has 1 heterocycles. The largest absolute Gasteiger partial charge is 0.481 e. The van der Waals surface area contributed by atoms with Crippen molar-refractivity contribution >= 4 is 21.9 Å². The summed E-state index contributed by atoms with van der Waals surface area (Å²) in [5, 5.41) is 13.0. The highest BCUT2D eigenvalue weighted by Gasteiger charge is 2.16. The molecule has 0 saturated carbocycles. The van der Waals surface area contributed by atoms with E-state index in [0.29, 0.717) is 12.3 Å². The lowest BCUT2D eigenvalue weighted by atomic mass is 10.1. The number of aliphatic carboxylic acids is 1. The van der Waals surface area contributed by atoms with Crippen LogP contribution in [0, 0.1) is 0 Å². The van der Waals surface area contributed by atoms with Crippen LogP contribution in [0.3, 0.4) is 0 Å². The molecular weight excluding hydrogens is 260 g/mol. The molecule has 0 aliphatic heterocycles. The first-order valence-corrected chi connectivity index (χ1v) is 5.65. The van der Waals surface area contributed by atoms with Gasteiger partial charge in [0.25, 0.3) is 0 Å². The van der Waals surface area contributed by atoms with Gasteiger partial charge in [-0.25, -0.2) is 0 Å². The second-order valence-electron chi connectivity index (χ2n) is 3.82. The van der Waals surface area contributed by atoms with Gasteiger partial charge in [0, 0.05) is 13.5 Å². The normalized spacial score (nSPS) is 11.0. The topological polar surface area (TPSA) is 55.1 Å². The molecule has 0 radical (unpaired) electrons. The molecule has 0 bridgehead atoms. The molecular formula is C10H15BrN2O2. The zero-order valence-electron chi connectivity index (χ0n) is 9.12. The van der Waals surface area contributed by atoms with Gasteiger partial charge >= 0.3 is 5.97 Å². The van der Waals surface area contributed by atoms with Crippen molar-refractivity contribution in [3.05, 3.63) is 15.9 Å². The van der Waals surface area contributed by atoms with Gasteiger partial charge in [0.2, 0.25) is 0 Å². The SMILES string of the molecule is CC(C)c1nn(C)c(CCC(=O)O)c1Br. The Hall–Kier alpha value is -0.840. The Morgan fingerprint density at radius 1 is 1.60 bits per heavy atom. The van der Waals surface area contributed by atoms with Crippen molar-refractivity contribution in [3.63, 3.8) is 0 Å². The number of hydrogen-bond donors (Lipinski definition) is 1. The van der Waals surface area contributed by atoms with Gasteiger partial charge in [-0.15, -0.1) is 0 Å². The van der Waals surface area contributed by atoms with Crippen LogP contribution in [0.1, 0.15) is 37.6 Å². The fraction of sp³-hybridized carbons (Fsp3) is 0.600. The van der Waals surface area contributed by atoms with Crippen LogP contribution >= 0.6 is 15.9 Å². The molecule has 0 saturated heterocycles. The van der Waals surface area contributed by atoms with Crippen LogP contribution in [0.4, 0.5) is 0 Å². The summed E-state index contributed by atoms with van der Waals surface area (Å²) in [6.07, 6.45) is 0.641. The Morgan fingerprint density at radius 3 is 2.60 bits per heavy atom. The fourth-order valence-electron chi connectivity index (χ4n) is 1.42. The van der Waals surface area contributed by atoms with Crippen LogP contribution in [-0.2, 0) is 18.3 Å². The predicted molar refractivity (Wildman–Crippen MR) is 61.0 cm³/mol. The second-order valence-corrected chi connectivity index (χ2v) is 4.61. The van der Waals surface area contributed by atoms with Crippen molar-refractivity contribution < 1.29 is 9.90 Å². The minimum atomic E-state index is -0.783. The molecule has 0 fully saturated rings. The molecule has 0 aliphatic rings. The van der Waals surface area contributed by atoms with Crippen LogP contribution in [-0.4, -0.2) is 20.9 Å². The van der Waals surface area contributed by atoms with Crippen molar-refractivity contribution in [2.75, 3.05) is 0 Å². The molecule has 1 aromatic heterocycles. The number of carboxylic acid groups (broad SMARTS) is 1. The summed E-state index contributed by atoms with van der Waals surface area (Å²) in [7, 11) is 1.84. The van der Waals surface area contributed by atoms with E-state index in [4.69, 9.17) is 5.11 Å². The van der Waals surface area contributed by atoms with Gasteiger partial charge in [0.1, 0.15) is 0 Å². The zero-order valence-corrected chi connectivity index (χ0v) is 10.7. The van der Waals surface area contributed by atoms with E-state index in [9.17, 15) is 4.79 Å². The molecule has 0 unspecified atom stereocenters. The van der Waals surface area contributed by atoms with E-state index in [1.54, 1.807) is 4.68 Å². The summed E-state index contributed by atoms with van der Waals surface area (Å²) < 4.78 is 2.70. The third-order valence-electron chi connectivity index (χ3n) is 2.25. The third kappa shape index (κ3) is 2.81. The Bertz CT molecular complexity index is 372. The summed E-state index contributed by atoms with van der Waals surface area (Å²) in [6.45, 7) is 4.13. The molecule has 15 heavy (non-hydrogen) atoms. The van der Waals surface area contributed by atoms with Crippen molar-refractivity contribution in [1.82, 2.24) is 9.78 Å². The van der Waals surface area contributed by atoms with Crippen LogP contribution in [0.15, 0.2) is 4.47 Å². The lowest BCUT2D eigenvalue weighted by Crippen LogP contribution is -2.03. The number of hydrogen-bond acceptors (Lipinski definition) is 2. The summed E-state index contributed by atoms with van der Waals surface area (Å²) >= 11 is 3.48. The summed E-state index contributed by atoms with van der Waals surface area (Å²) in [5.41, 5.74) is 1.93. The molecule has 0 atom stereocenters. The lowest BCUT2D eigenvalue weighted by Gasteiger charge is -2.00. The number of rotatable bonds is 4. The first kappa shape index (κ1) is 12.2. The minimum Gasteiger partial charge on any atom is -0.481 e. The van der Waals surface area contributed by atoms with Gasteiger partial charge < -0.3 is 5.11 Å². The van der Waals surface area contributed by atoms with Crippen molar-refractivity contribution in [3.8, 4) is 0 Å². The van der Waals surface area contributed by atoms with Crippen LogP contribution < -0.4 is 0 Å². The molecule has 0 aliphatic carbocycles. The van der Waals surface area contributed by atoms with Crippen LogP contribution in [0.2, 0.25) is 0 Å². The molecule has 0 amide bonds. The van der Waals surface area contributed by atoms with Gasteiger partial charge in [-0.2, -0.15) is 5.10 Å². The van der Waals surface area contributed by atoms with E-state index < -0.39 is 5.97 Å². The summed E-state index contributed by atoms with van der Waals surface area (Å²) in [4.78, 5) is 10.5. The highest BCUT2D eigenvalue weighted by atomic mass is 79.9. The molecule has 0 aromatic carbocycles. The van der Waals surface area contributed by atoms with E-state index in [1.807, 2.05) is 7.05 Å². The Morgan fingerprint density at radius 2 is 2.20 bits per heavy atom. The lowest BCUT2D eigenvalue weighted by molar-refractivity contribution is -0.136. The smallest absolute Gasteiger partial charge is 0.303 e. The number of aromatic nitrogens is 2. The molecule has 5 heteroatoms. The zero-order chi connectivity index (χ0) is 11.6. The van der Waals surface area contributed by atoms with Crippen LogP contribution in [0.5, 0.6) is 0 Å². The highest BCUT2D eigenvalue weighted by molar-refractivity contribution is 9.10.